The quantitative estimate of drug-likeness (QED) is 0.551. The molecule has 6 heteroatoms. The van der Waals surface area contributed by atoms with Crippen LogP contribution >= 0.6 is 0 Å². The Labute approximate surface area is 112 Å². The van der Waals surface area contributed by atoms with Crippen LogP contribution in [-0.4, -0.2) is 49.4 Å². The summed E-state index contributed by atoms with van der Waals surface area (Å²) in [7, 11) is 2.96. The predicted molar refractivity (Wildman–Crippen MR) is 67.0 cm³/mol. The summed E-state index contributed by atoms with van der Waals surface area (Å²) >= 11 is 0. The number of rotatable bonds is 5. The van der Waals surface area contributed by atoms with Gasteiger partial charge in [0.25, 0.3) is 0 Å². The fourth-order valence-corrected chi connectivity index (χ4v) is 3.00. The van der Waals surface area contributed by atoms with E-state index in [1.807, 2.05) is 13.8 Å². The van der Waals surface area contributed by atoms with Crippen molar-refractivity contribution in [3.8, 4) is 0 Å². The lowest BCUT2D eigenvalue weighted by Crippen LogP contribution is -2.42. The molecule has 3 unspecified atom stereocenters. The molecule has 0 aromatic heterocycles. The van der Waals surface area contributed by atoms with Crippen molar-refractivity contribution in [2.24, 2.45) is 17.3 Å². The van der Waals surface area contributed by atoms with Crippen molar-refractivity contribution in [2.75, 3.05) is 20.7 Å². The third kappa shape index (κ3) is 2.04. The standard InChI is InChI=1S/C13H20N2O4/c1-13(2)8-9(13)11(17)15(10(8)16)6-5-7(14-3)12(18)19-4/h7-9,14H,5-6H2,1-4H3. The molecule has 1 saturated heterocycles. The number of fused-ring (bicyclic) bond motifs is 1. The number of ether oxygens (including phenoxy) is 1. The van der Waals surface area contributed by atoms with E-state index in [1.165, 1.54) is 12.0 Å². The number of amides is 2. The van der Waals surface area contributed by atoms with Gasteiger partial charge in [-0.25, -0.2) is 0 Å². The fraction of sp³-hybridized carbons (Fsp3) is 0.769. The van der Waals surface area contributed by atoms with Crippen LogP contribution in [0.3, 0.4) is 0 Å². The lowest BCUT2D eigenvalue weighted by molar-refractivity contribution is -0.146. The molecule has 1 saturated carbocycles. The largest absolute Gasteiger partial charge is 0.468 e. The Morgan fingerprint density at radius 2 is 1.89 bits per heavy atom. The van der Waals surface area contributed by atoms with E-state index in [9.17, 15) is 14.4 Å². The number of likely N-dealkylation sites (N-methyl/N-ethyl adjacent to an activating group) is 1. The highest BCUT2D eigenvalue weighted by atomic mass is 16.5. The molecule has 0 radical (unpaired) electrons. The van der Waals surface area contributed by atoms with Gasteiger partial charge in [0.15, 0.2) is 0 Å². The van der Waals surface area contributed by atoms with Gasteiger partial charge in [0.05, 0.1) is 18.9 Å². The van der Waals surface area contributed by atoms with Gasteiger partial charge in [0.2, 0.25) is 11.8 Å². The molecule has 3 atom stereocenters. The second-order valence-electron chi connectivity index (χ2n) is 5.76. The third-order valence-corrected chi connectivity index (χ3v) is 4.37. The van der Waals surface area contributed by atoms with Gasteiger partial charge in [-0.3, -0.25) is 19.3 Å². The van der Waals surface area contributed by atoms with E-state index >= 15 is 0 Å². The lowest BCUT2D eigenvalue weighted by Gasteiger charge is -2.22. The van der Waals surface area contributed by atoms with Crippen LogP contribution in [0, 0.1) is 17.3 Å². The molecule has 1 aliphatic heterocycles. The van der Waals surface area contributed by atoms with Gasteiger partial charge >= 0.3 is 5.97 Å². The molecule has 2 aliphatic rings. The number of piperidine rings is 1. The van der Waals surface area contributed by atoms with Gasteiger partial charge in [0.1, 0.15) is 6.04 Å². The smallest absolute Gasteiger partial charge is 0.322 e. The summed E-state index contributed by atoms with van der Waals surface area (Å²) in [5, 5.41) is 2.82. The van der Waals surface area contributed by atoms with Gasteiger partial charge in [-0.1, -0.05) is 13.8 Å². The molecule has 106 valence electrons. The number of imide groups is 1. The summed E-state index contributed by atoms with van der Waals surface area (Å²) in [4.78, 5) is 36.9. The van der Waals surface area contributed by atoms with E-state index in [-0.39, 0.29) is 41.6 Å². The van der Waals surface area contributed by atoms with Gasteiger partial charge in [-0.05, 0) is 18.9 Å². The summed E-state index contributed by atoms with van der Waals surface area (Å²) in [6.45, 7) is 4.15. The number of esters is 1. The number of methoxy groups -OCH3 is 1. The van der Waals surface area contributed by atoms with Gasteiger partial charge in [-0.15, -0.1) is 0 Å². The first-order valence-corrected chi connectivity index (χ1v) is 6.46. The maximum absolute atomic E-state index is 12.1. The molecule has 2 fully saturated rings. The highest BCUT2D eigenvalue weighted by molar-refractivity contribution is 6.10. The third-order valence-electron chi connectivity index (χ3n) is 4.37. The Hall–Kier alpha value is -1.43. The minimum absolute atomic E-state index is 0.0975. The molecule has 0 bridgehead atoms. The summed E-state index contributed by atoms with van der Waals surface area (Å²) < 4.78 is 4.65. The van der Waals surface area contributed by atoms with Crippen LogP contribution in [0.15, 0.2) is 0 Å². The fourth-order valence-electron chi connectivity index (χ4n) is 3.00. The first kappa shape index (κ1) is 14.0. The van der Waals surface area contributed by atoms with Crippen molar-refractivity contribution in [1.29, 1.82) is 0 Å². The number of hydrogen-bond donors (Lipinski definition) is 1. The molecule has 1 heterocycles. The number of likely N-dealkylation sites (tertiary alicyclic amines) is 1. The molecule has 2 amide bonds. The maximum atomic E-state index is 12.1. The Morgan fingerprint density at radius 3 is 2.32 bits per heavy atom. The Balaban J connectivity index is 1.94. The second-order valence-corrected chi connectivity index (χ2v) is 5.76. The number of nitrogens with zero attached hydrogens (tertiary/aromatic N) is 1. The number of carbonyl (C=O) groups excluding carboxylic acids is 3. The van der Waals surface area contributed by atoms with E-state index in [1.54, 1.807) is 7.05 Å². The number of carbonyl (C=O) groups is 3. The van der Waals surface area contributed by atoms with E-state index in [0.717, 1.165) is 0 Å². The van der Waals surface area contributed by atoms with Gasteiger partial charge in [0, 0.05) is 6.54 Å². The lowest BCUT2D eigenvalue weighted by atomic mass is 10.1. The zero-order valence-electron chi connectivity index (χ0n) is 11.7. The van der Waals surface area contributed by atoms with Crippen LogP contribution < -0.4 is 5.32 Å². The van der Waals surface area contributed by atoms with E-state index in [2.05, 4.69) is 10.1 Å². The van der Waals surface area contributed by atoms with Crippen molar-refractivity contribution in [1.82, 2.24) is 10.2 Å². The van der Waals surface area contributed by atoms with Crippen LogP contribution in [0.5, 0.6) is 0 Å². The summed E-state index contributed by atoms with van der Waals surface area (Å²) in [6.07, 6.45) is 0.376. The predicted octanol–water partition coefficient (Wildman–Crippen LogP) is -0.221. The SMILES string of the molecule is CNC(CCN1C(=O)C2C(C1=O)C2(C)C)C(=O)OC. The van der Waals surface area contributed by atoms with Crippen molar-refractivity contribution >= 4 is 17.8 Å². The van der Waals surface area contributed by atoms with E-state index in [0.29, 0.717) is 6.42 Å². The Kier molecular flexibility index (Phi) is 3.38. The molecule has 2 rings (SSSR count). The molecule has 1 N–H and O–H groups in total. The average molecular weight is 268 g/mol. The second kappa shape index (κ2) is 4.59. The van der Waals surface area contributed by atoms with Crippen LogP contribution in [0.2, 0.25) is 0 Å². The Bertz CT molecular complexity index is 408. The highest BCUT2D eigenvalue weighted by Crippen LogP contribution is 2.63. The molecule has 0 aromatic rings. The van der Waals surface area contributed by atoms with Crippen molar-refractivity contribution < 1.29 is 19.1 Å². The first-order valence-electron chi connectivity index (χ1n) is 6.46. The minimum Gasteiger partial charge on any atom is -0.468 e. The highest BCUT2D eigenvalue weighted by Gasteiger charge is 2.72. The summed E-state index contributed by atoms with van der Waals surface area (Å²) in [5.74, 6) is -0.899. The summed E-state index contributed by atoms with van der Waals surface area (Å²) in [5.41, 5.74) is -0.185. The average Bonchev–Trinajstić information content (AvgIpc) is 2.84. The van der Waals surface area contributed by atoms with Crippen LogP contribution in [-0.2, 0) is 19.1 Å². The molecule has 0 spiro atoms. The molecule has 6 nitrogen and oxygen atoms in total. The monoisotopic (exact) mass is 268 g/mol. The maximum Gasteiger partial charge on any atom is 0.322 e. The minimum atomic E-state index is -0.490. The zero-order valence-corrected chi connectivity index (χ0v) is 11.7. The molecule has 1 aliphatic carbocycles. The van der Waals surface area contributed by atoms with Crippen molar-refractivity contribution in [2.45, 2.75) is 26.3 Å². The Morgan fingerprint density at radius 1 is 1.37 bits per heavy atom. The van der Waals surface area contributed by atoms with Crippen molar-refractivity contribution in [3.63, 3.8) is 0 Å². The summed E-state index contributed by atoms with van der Waals surface area (Å²) in [6, 6.07) is -0.490. The number of nitrogens with one attached hydrogen (secondary N) is 1. The van der Waals surface area contributed by atoms with Crippen LogP contribution in [0.1, 0.15) is 20.3 Å². The molecule has 19 heavy (non-hydrogen) atoms. The van der Waals surface area contributed by atoms with Gasteiger partial charge < -0.3 is 10.1 Å². The van der Waals surface area contributed by atoms with E-state index in [4.69, 9.17) is 0 Å². The first-order chi connectivity index (χ1) is 8.86. The normalized spacial score (nSPS) is 29.2. The number of hydrogen-bond acceptors (Lipinski definition) is 5. The molecular formula is C13H20N2O4. The van der Waals surface area contributed by atoms with Crippen LogP contribution in [0.4, 0.5) is 0 Å². The molecule has 0 aromatic carbocycles. The molecular weight excluding hydrogens is 248 g/mol. The zero-order chi connectivity index (χ0) is 14.4. The van der Waals surface area contributed by atoms with Crippen LogP contribution in [0.25, 0.3) is 0 Å². The van der Waals surface area contributed by atoms with Crippen molar-refractivity contribution in [3.05, 3.63) is 0 Å². The topological polar surface area (TPSA) is 75.7 Å². The van der Waals surface area contributed by atoms with E-state index < -0.39 is 6.04 Å². The van der Waals surface area contributed by atoms with Gasteiger partial charge in [-0.2, -0.15) is 0 Å².